The van der Waals surface area contributed by atoms with Crippen molar-refractivity contribution in [3.63, 3.8) is 0 Å². The quantitative estimate of drug-likeness (QED) is 0.609. The fourth-order valence-corrected chi connectivity index (χ4v) is 1.73. The first-order valence-electron chi connectivity index (χ1n) is 3.96. The van der Waals surface area contributed by atoms with Crippen molar-refractivity contribution in [1.82, 2.24) is 0 Å². The molecule has 1 rings (SSSR count). The lowest BCUT2D eigenvalue weighted by Crippen LogP contribution is -2.31. The summed E-state index contributed by atoms with van der Waals surface area (Å²) in [5.41, 5.74) is -0.767. The maximum absolute atomic E-state index is 9.86. The molecule has 1 aliphatic rings. The van der Waals surface area contributed by atoms with Crippen molar-refractivity contribution in [3.8, 4) is 6.07 Å². The molecule has 1 aliphatic carbocycles. The van der Waals surface area contributed by atoms with Crippen LogP contribution in [-0.4, -0.2) is 10.7 Å². The van der Waals surface area contributed by atoms with Crippen LogP contribution in [0.15, 0.2) is 12.7 Å². The topological polar surface area (TPSA) is 44.0 Å². The van der Waals surface area contributed by atoms with Crippen LogP contribution in [0.1, 0.15) is 25.7 Å². The number of hydrogen-bond donors (Lipinski definition) is 1. The van der Waals surface area contributed by atoms with E-state index in [0.29, 0.717) is 6.42 Å². The number of rotatable bonds is 2. The van der Waals surface area contributed by atoms with Crippen LogP contribution in [-0.2, 0) is 0 Å². The van der Waals surface area contributed by atoms with Gasteiger partial charge in [0, 0.05) is 0 Å². The second-order valence-electron chi connectivity index (χ2n) is 3.17. The van der Waals surface area contributed by atoms with Gasteiger partial charge < -0.3 is 5.11 Å². The Morgan fingerprint density at radius 1 is 1.82 bits per heavy atom. The number of nitrogens with zero attached hydrogens (tertiary/aromatic N) is 1. The Morgan fingerprint density at radius 2 is 2.55 bits per heavy atom. The summed E-state index contributed by atoms with van der Waals surface area (Å²) >= 11 is 0. The highest BCUT2D eigenvalue weighted by atomic mass is 16.3. The molecule has 0 aliphatic heterocycles. The lowest BCUT2D eigenvalue weighted by Gasteiger charge is -2.23. The van der Waals surface area contributed by atoms with Crippen LogP contribution in [0, 0.1) is 17.2 Å². The molecule has 0 aromatic rings. The Kier molecular flexibility index (Phi) is 2.31. The number of hydrogen-bond acceptors (Lipinski definition) is 2. The fourth-order valence-electron chi connectivity index (χ4n) is 1.73. The van der Waals surface area contributed by atoms with Gasteiger partial charge in [-0.05, 0) is 25.7 Å². The van der Waals surface area contributed by atoms with Gasteiger partial charge in [-0.2, -0.15) is 5.26 Å². The van der Waals surface area contributed by atoms with E-state index in [-0.39, 0.29) is 5.92 Å². The summed E-state index contributed by atoms with van der Waals surface area (Å²) in [6.45, 7) is 3.57. The molecule has 2 nitrogen and oxygen atoms in total. The minimum Gasteiger partial charge on any atom is -0.388 e. The average molecular weight is 151 g/mol. The molecule has 1 N–H and O–H groups in total. The molecule has 0 radical (unpaired) electrons. The lowest BCUT2D eigenvalue weighted by molar-refractivity contribution is 0.0250. The highest BCUT2D eigenvalue weighted by molar-refractivity contribution is 5.05. The van der Waals surface area contributed by atoms with E-state index in [1.165, 1.54) is 0 Å². The lowest BCUT2D eigenvalue weighted by atomic mass is 9.89. The van der Waals surface area contributed by atoms with Gasteiger partial charge in [-0.15, -0.1) is 6.58 Å². The van der Waals surface area contributed by atoms with Crippen molar-refractivity contribution in [2.45, 2.75) is 31.3 Å². The molecule has 0 spiro atoms. The van der Waals surface area contributed by atoms with Gasteiger partial charge in [-0.3, -0.25) is 0 Å². The Labute approximate surface area is 67.2 Å². The van der Waals surface area contributed by atoms with E-state index in [1.807, 2.05) is 0 Å². The van der Waals surface area contributed by atoms with Crippen molar-refractivity contribution in [2.75, 3.05) is 0 Å². The molecule has 0 bridgehead atoms. The Hall–Kier alpha value is -0.810. The molecule has 11 heavy (non-hydrogen) atoms. The van der Waals surface area contributed by atoms with Gasteiger partial charge in [0.25, 0.3) is 0 Å². The van der Waals surface area contributed by atoms with Crippen LogP contribution < -0.4 is 0 Å². The van der Waals surface area contributed by atoms with Crippen LogP contribution >= 0.6 is 0 Å². The highest BCUT2D eigenvalue weighted by Gasteiger charge is 2.39. The predicted octanol–water partition coefficient (Wildman–Crippen LogP) is 1.62. The Morgan fingerprint density at radius 3 is 3.09 bits per heavy atom. The standard InChI is InChI=1S/C9H13NO/c1-2-5-9(11)6-3-4-8(9)7-10/h2,8,11H,1,3-6H2/t8-,9+/m0/s1. The molecule has 0 amide bonds. The van der Waals surface area contributed by atoms with Crippen molar-refractivity contribution in [1.29, 1.82) is 5.26 Å². The van der Waals surface area contributed by atoms with Gasteiger partial charge in [-0.25, -0.2) is 0 Å². The minimum atomic E-state index is -0.767. The fraction of sp³-hybridized carbons (Fsp3) is 0.667. The van der Waals surface area contributed by atoms with E-state index >= 15 is 0 Å². The molecule has 0 saturated heterocycles. The first kappa shape index (κ1) is 8.29. The molecule has 0 aromatic heterocycles. The van der Waals surface area contributed by atoms with Gasteiger partial charge in [0.05, 0.1) is 17.6 Å². The van der Waals surface area contributed by atoms with Crippen molar-refractivity contribution in [3.05, 3.63) is 12.7 Å². The summed E-state index contributed by atoms with van der Waals surface area (Å²) in [5, 5.41) is 18.5. The summed E-state index contributed by atoms with van der Waals surface area (Å²) in [4.78, 5) is 0. The highest BCUT2D eigenvalue weighted by Crippen LogP contribution is 2.37. The van der Waals surface area contributed by atoms with Gasteiger partial charge in [-0.1, -0.05) is 6.08 Å². The third kappa shape index (κ3) is 1.44. The zero-order chi connectivity index (χ0) is 8.32. The van der Waals surface area contributed by atoms with E-state index in [9.17, 15) is 5.11 Å². The van der Waals surface area contributed by atoms with Crippen molar-refractivity contribution in [2.24, 2.45) is 5.92 Å². The smallest absolute Gasteiger partial charge is 0.0839 e. The zero-order valence-corrected chi connectivity index (χ0v) is 6.58. The maximum atomic E-state index is 9.86. The van der Waals surface area contributed by atoms with Crippen LogP contribution in [0.2, 0.25) is 0 Å². The van der Waals surface area contributed by atoms with E-state index < -0.39 is 5.60 Å². The second-order valence-corrected chi connectivity index (χ2v) is 3.17. The first-order valence-corrected chi connectivity index (χ1v) is 3.96. The van der Waals surface area contributed by atoms with Crippen LogP contribution in [0.5, 0.6) is 0 Å². The third-order valence-electron chi connectivity index (χ3n) is 2.40. The number of nitriles is 1. The van der Waals surface area contributed by atoms with Gasteiger partial charge in [0.15, 0.2) is 0 Å². The van der Waals surface area contributed by atoms with E-state index in [2.05, 4.69) is 12.6 Å². The molecule has 60 valence electrons. The largest absolute Gasteiger partial charge is 0.388 e. The van der Waals surface area contributed by atoms with Gasteiger partial charge in [0.1, 0.15) is 0 Å². The minimum absolute atomic E-state index is 0.180. The zero-order valence-electron chi connectivity index (χ0n) is 6.58. The SMILES string of the molecule is C=CC[C@@]1(O)CCC[C@H]1C#N. The normalized spacial score (nSPS) is 36.5. The molecular formula is C9H13NO. The average Bonchev–Trinajstić information content (AvgIpc) is 2.31. The molecule has 0 unspecified atom stereocenters. The molecule has 0 aromatic carbocycles. The summed E-state index contributed by atoms with van der Waals surface area (Å²) in [6.07, 6.45) is 4.78. The molecule has 1 saturated carbocycles. The Bertz CT molecular complexity index is 194. The Balaban J connectivity index is 2.68. The molecular weight excluding hydrogens is 138 g/mol. The summed E-state index contributed by atoms with van der Waals surface area (Å²) in [6, 6.07) is 2.14. The van der Waals surface area contributed by atoms with Crippen molar-refractivity contribution < 1.29 is 5.11 Å². The molecule has 1 fully saturated rings. The summed E-state index contributed by atoms with van der Waals surface area (Å²) in [5.74, 6) is -0.180. The summed E-state index contributed by atoms with van der Waals surface area (Å²) < 4.78 is 0. The van der Waals surface area contributed by atoms with E-state index in [0.717, 1.165) is 19.3 Å². The number of aliphatic hydroxyl groups is 1. The van der Waals surface area contributed by atoms with Gasteiger partial charge >= 0.3 is 0 Å². The van der Waals surface area contributed by atoms with Gasteiger partial charge in [0.2, 0.25) is 0 Å². The molecule has 0 heterocycles. The first-order chi connectivity index (χ1) is 5.23. The van der Waals surface area contributed by atoms with Crippen LogP contribution in [0.25, 0.3) is 0 Å². The molecule has 2 heteroatoms. The van der Waals surface area contributed by atoms with Crippen molar-refractivity contribution >= 4 is 0 Å². The third-order valence-corrected chi connectivity index (χ3v) is 2.40. The van der Waals surface area contributed by atoms with E-state index in [1.54, 1.807) is 6.08 Å². The molecule has 2 atom stereocenters. The van der Waals surface area contributed by atoms with Crippen LogP contribution in [0.3, 0.4) is 0 Å². The van der Waals surface area contributed by atoms with Crippen LogP contribution in [0.4, 0.5) is 0 Å². The summed E-state index contributed by atoms with van der Waals surface area (Å²) in [7, 11) is 0. The maximum Gasteiger partial charge on any atom is 0.0839 e. The predicted molar refractivity (Wildman–Crippen MR) is 42.7 cm³/mol. The monoisotopic (exact) mass is 151 g/mol. The second kappa shape index (κ2) is 3.06. The van der Waals surface area contributed by atoms with E-state index in [4.69, 9.17) is 5.26 Å².